The molecule has 0 saturated carbocycles. The van der Waals surface area contributed by atoms with Crippen molar-refractivity contribution < 1.29 is 31.1 Å². The van der Waals surface area contributed by atoms with Crippen LogP contribution in [0.4, 0.5) is 24.5 Å². The van der Waals surface area contributed by atoms with Crippen molar-refractivity contribution in [1.82, 2.24) is 0 Å². The molecule has 0 aromatic heterocycles. The number of benzene rings is 2. The van der Waals surface area contributed by atoms with E-state index < -0.39 is 38.7 Å². The second kappa shape index (κ2) is 6.20. The number of rotatable bonds is 3. The van der Waals surface area contributed by atoms with Crippen LogP contribution in [0, 0.1) is 0 Å². The molecule has 2 N–H and O–H groups in total. The number of alkyl halides is 3. The Morgan fingerprint density at radius 2 is 1.85 bits per heavy atom. The van der Waals surface area contributed by atoms with E-state index in [1.165, 1.54) is 24.3 Å². The van der Waals surface area contributed by atoms with Crippen LogP contribution < -0.4 is 14.8 Å². The van der Waals surface area contributed by atoms with Crippen molar-refractivity contribution in [3.8, 4) is 5.75 Å². The highest BCUT2D eigenvalue weighted by molar-refractivity contribution is 7.92. The van der Waals surface area contributed by atoms with Crippen molar-refractivity contribution in [3.05, 3.63) is 48.0 Å². The third kappa shape index (κ3) is 3.45. The summed E-state index contributed by atoms with van der Waals surface area (Å²) in [6, 6.07) is 7.89. The third-order valence-corrected chi connectivity index (χ3v) is 5.08. The van der Waals surface area contributed by atoms with Crippen LogP contribution in [0.1, 0.15) is 12.5 Å². The Morgan fingerprint density at radius 3 is 2.54 bits per heavy atom. The molecule has 1 amide bonds. The van der Waals surface area contributed by atoms with Gasteiger partial charge in [0.25, 0.3) is 15.9 Å². The van der Waals surface area contributed by atoms with Crippen LogP contribution in [0.2, 0.25) is 0 Å². The third-order valence-electron chi connectivity index (χ3n) is 3.64. The minimum absolute atomic E-state index is 0.0146. The number of hydrogen-bond donors (Lipinski definition) is 2. The van der Waals surface area contributed by atoms with E-state index in [2.05, 4.69) is 10.0 Å². The fourth-order valence-corrected chi connectivity index (χ4v) is 3.70. The van der Waals surface area contributed by atoms with E-state index in [0.29, 0.717) is 11.8 Å². The standard InChI is InChI=1S/C16H13F3N2O4S/c1-9-15(22)20-12-8-10(6-7-13(12)25-9)21-26(23,24)14-5-3-2-4-11(14)16(17,18)19/h2-9,21H,1H3,(H,20,22)/t9-/m0/s1. The maximum absolute atomic E-state index is 13.1. The van der Waals surface area contributed by atoms with E-state index in [9.17, 15) is 26.4 Å². The lowest BCUT2D eigenvalue weighted by molar-refractivity contribution is -0.139. The first-order chi connectivity index (χ1) is 12.1. The smallest absolute Gasteiger partial charge is 0.417 e. The highest BCUT2D eigenvalue weighted by Gasteiger charge is 2.37. The summed E-state index contributed by atoms with van der Waals surface area (Å²) in [5.41, 5.74) is -1.06. The Kier molecular flexibility index (Phi) is 4.31. The molecule has 1 aliphatic heterocycles. The Labute approximate surface area is 147 Å². The first-order valence-corrected chi connectivity index (χ1v) is 8.87. The summed E-state index contributed by atoms with van der Waals surface area (Å²) in [6.07, 6.45) is -5.53. The molecule has 0 fully saturated rings. The molecule has 0 aliphatic carbocycles. The van der Waals surface area contributed by atoms with Gasteiger partial charge in [-0.3, -0.25) is 9.52 Å². The van der Waals surface area contributed by atoms with Crippen LogP contribution in [-0.4, -0.2) is 20.4 Å². The Bertz CT molecular complexity index is 974. The highest BCUT2D eigenvalue weighted by Crippen LogP contribution is 2.36. The molecule has 1 atom stereocenters. The Balaban J connectivity index is 1.95. The van der Waals surface area contributed by atoms with Gasteiger partial charge in [-0.15, -0.1) is 0 Å². The number of nitrogens with one attached hydrogen (secondary N) is 2. The zero-order chi connectivity index (χ0) is 19.1. The summed E-state index contributed by atoms with van der Waals surface area (Å²) in [7, 11) is -4.50. The minimum Gasteiger partial charge on any atom is -0.479 e. The number of sulfonamides is 1. The van der Waals surface area contributed by atoms with Crippen LogP contribution >= 0.6 is 0 Å². The maximum atomic E-state index is 13.1. The summed E-state index contributed by atoms with van der Waals surface area (Å²) in [5, 5.41) is 2.53. The Hall–Kier alpha value is -2.75. The monoisotopic (exact) mass is 386 g/mol. The second-order valence-corrected chi connectivity index (χ2v) is 7.21. The molecule has 26 heavy (non-hydrogen) atoms. The van der Waals surface area contributed by atoms with Crippen molar-refractivity contribution in [2.45, 2.75) is 24.1 Å². The molecule has 10 heteroatoms. The number of anilines is 2. The van der Waals surface area contributed by atoms with E-state index in [-0.39, 0.29) is 11.4 Å². The van der Waals surface area contributed by atoms with E-state index in [1.54, 1.807) is 6.92 Å². The lowest BCUT2D eigenvalue weighted by atomic mass is 10.2. The van der Waals surface area contributed by atoms with E-state index in [4.69, 9.17) is 4.74 Å². The first kappa shape index (κ1) is 18.1. The topological polar surface area (TPSA) is 84.5 Å². The number of carbonyl (C=O) groups is 1. The molecule has 138 valence electrons. The Morgan fingerprint density at radius 1 is 1.15 bits per heavy atom. The molecular formula is C16H13F3N2O4S. The van der Waals surface area contributed by atoms with Gasteiger partial charge in [0.05, 0.1) is 21.8 Å². The number of halogens is 3. The number of hydrogen-bond acceptors (Lipinski definition) is 4. The van der Waals surface area contributed by atoms with Crippen LogP contribution in [0.15, 0.2) is 47.4 Å². The van der Waals surface area contributed by atoms with Gasteiger partial charge < -0.3 is 10.1 Å². The summed E-state index contributed by atoms with van der Waals surface area (Å²) < 4.78 is 71.5. The van der Waals surface area contributed by atoms with E-state index in [0.717, 1.165) is 12.1 Å². The largest absolute Gasteiger partial charge is 0.479 e. The van der Waals surface area contributed by atoms with Crippen LogP contribution in [-0.2, 0) is 21.0 Å². The normalized spacial score (nSPS) is 17.1. The van der Waals surface area contributed by atoms with E-state index >= 15 is 0 Å². The fourth-order valence-electron chi connectivity index (χ4n) is 2.42. The molecule has 0 bridgehead atoms. The molecule has 0 spiro atoms. The van der Waals surface area contributed by atoms with Gasteiger partial charge >= 0.3 is 6.18 Å². The maximum Gasteiger partial charge on any atom is 0.417 e. The highest BCUT2D eigenvalue weighted by atomic mass is 32.2. The molecule has 2 aromatic rings. The van der Waals surface area contributed by atoms with Crippen molar-refractivity contribution in [2.24, 2.45) is 0 Å². The molecule has 0 saturated heterocycles. The van der Waals surface area contributed by atoms with Crippen LogP contribution in [0.3, 0.4) is 0 Å². The van der Waals surface area contributed by atoms with Crippen molar-refractivity contribution in [3.63, 3.8) is 0 Å². The second-order valence-electron chi connectivity index (χ2n) is 5.56. The lowest BCUT2D eigenvalue weighted by Gasteiger charge is -2.24. The van der Waals surface area contributed by atoms with Gasteiger partial charge in [-0.25, -0.2) is 8.42 Å². The quantitative estimate of drug-likeness (QED) is 0.848. The van der Waals surface area contributed by atoms with Gasteiger partial charge in [-0.1, -0.05) is 12.1 Å². The number of carbonyl (C=O) groups excluding carboxylic acids is 1. The number of fused-ring (bicyclic) bond motifs is 1. The van der Waals surface area contributed by atoms with E-state index in [1.807, 2.05) is 0 Å². The molecule has 2 aromatic carbocycles. The van der Waals surface area contributed by atoms with Gasteiger partial charge in [0, 0.05) is 0 Å². The molecule has 1 heterocycles. The van der Waals surface area contributed by atoms with Gasteiger partial charge in [-0.2, -0.15) is 13.2 Å². The van der Waals surface area contributed by atoms with Crippen molar-refractivity contribution in [1.29, 1.82) is 0 Å². The zero-order valence-electron chi connectivity index (χ0n) is 13.3. The van der Waals surface area contributed by atoms with Crippen molar-refractivity contribution in [2.75, 3.05) is 10.0 Å². The molecule has 1 aliphatic rings. The molecule has 6 nitrogen and oxygen atoms in total. The molecule has 0 unspecified atom stereocenters. The summed E-state index contributed by atoms with van der Waals surface area (Å²) >= 11 is 0. The minimum atomic E-state index is -4.82. The zero-order valence-corrected chi connectivity index (χ0v) is 14.1. The number of ether oxygens (including phenoxy) is 1. The van der Waals surface area contributed by atoms with Gasteiger partial charge in [0.15, 0.2) is 6.10 Å². The molecular weight excluding hydrogens is 373 g/mol. The summed E-state index contributed by atoms with van der Waals surface area (Å²) in [4.78, 5) is 10.7. The predicted octanol–water partition coefficient (Wildman–Crippen LogP) is 3.23. The van der Waals surface area contributed by atoms with Crippen molar-refractivity contribution >= 4 is 27.3 Å². The van der Waals surface area contributed by atoms with Crippen LogP contribution in [0.25, 0.3) is 0 Å². The lowest BCUT2D eigenvalue weighted by Crippen LogP contribution is -2.34. The fraction of sp³-hybridized carbons (Fsp3) is 0.188. The summed E-state index contributed by atoms with van der Waals surface area (Å²) in [5.74, 6) is -0.0873. The average molecular weight is 386 g/mol. The number of amides is 1. The van der Waals surface area contributed by atoms with Gasteiger partial charge in [-0.05, 0) is 37.3 Å². The van der Waals surface area contributed by atoms with Crippen LogP contribution in [0.5, 0.6) is 5.75 Å². The first-order valence-electron chi connectivity index (χ1n) is 7.38. The predicted molar refractivity (Wildman–Crippen MR) is 87.4 cm³/mol. The molecule has 3 rings (SSSR count). The van der Waals surface area contributed by atoms with Gasteiger partial charge in [0.2, 0.25) is 0 Å². The van der Waals surface area contributed by atoms with Gasteiger partial charge in [0.1, 0.15) is 5.75 Å². The SMILES string of the molecule is C[C@@H]1Oc2ccc(NS(=O)(=O)c3ccccc3C(F)(F)F)cc2NC1=O. The molecule has 0 radical (unpaired) electrons. The average Bonchev–Trinajstić information content (AvgIpc) is 2.55. The summed E-state index contributed by atoms with van der Waals surface area (Å²) in [6.45, 7) is 1.54.